The summed E-state index contributed by atoms with van der Waals surface area (Å²) in [6.07, 6.45) is 0. The summed E-state index contributed by atoms with van der Waals surface area (Å²) in [6.45, 7) is 0. The number of hydrogen-bond acceptors (Lipinski definition) is 3. The molecule has 1 N–H and O–H groups in total. The Morgan fingerprint density at radius 1 is 0.375 bits per heavy atom. The van der Waals surface area contributed by atoms with Crippen molar-refractivity contribution in [3.63, 3.8) is 0 Å². The van der Waals surface area contributed by atoms with Gasteiger partial charge in [-0.1, -0.05) is 109 Å². The molecular formula is C36H27BNO2. The molecule has 6 rings (SSSR count). The molecule has 0 spiro atoms. The first-order valence-corrected chi connectivity index (χ1v) is 13.2. The maximum atomic E-state index is 8.87. The first-order valence-electron chi connectivity index (χ1n) is 13.2. The maximum Gasteiger partial charge on any atom is 0.569 e. The fourth-order valence-electron chi connectivity index (χ4n) is 4.90. The van der Waals surface area contributed by atoms with E-state index in [1.807, 2.05) is 36.4 Å². The molecule has 0 unspecified atom stereocenters. The van der Waals surface area contributed by atoms with Crippen LogP contribution in [0.2, 0.25) is 0 Å². The van der Waals surface area contributed by atoms with Gasteiger partial charge in [-0.15, -0.1) is 0 Å². The second-order valence-electron chi connectivity index (χ2n) is 9.46. The molecule has 191 valence electrons. The van der Waals surface area contributed by atoms with E-state index in [0.717, 1.165) is 28.2 Å². The van der Waals surface area contributed by atoms with E-state index in [1.165, 1.54) is 22.3 Å². The third-order valence-corrected chi connectivity index (χ3v) is 6.97. The van der Waals surface area contributed by atoms with Crippen LogP contribution in [0.5, 0.6) is 5.75 Å². The molecule has 0 saturated carbocycles. The molecule has 0 aromatic heterocycles. The van der Waals surface area contributed by atoms with Crippen molar-refractivity contribution in [3.05, 3.63) is 158 Å². The van der Waals surface area contributed by atoms with Crippen molar-refractivity contribution in [1.29, 1.82) is 0 Å². The zero-order valence-corrected chi connectivity index (χ0v) is 21.9. The maximum absolute atomic E-state index is 8.87. The zero-order valence-electron chi connectivity index (χ0n) is 21.9. The van der Waals surface area contributed by atoms with Crippen LogP contribution in [0.4, 0.5) is 17.1 Å². The third-order valence-electron chi connectivity index (χ3n) is 6.97. The minimum absolute atomic E-state index is 0.590. The Bertz CT molecular complexity index is 1570. The van der Waals surface area contributed by atoms with Gasteiger partial charge < -0.3 is 14.6 Å². The Kier molecular flexibility index (Phi) is 7.43. The van der Waals surface area contributed by atoms with Gasteiger partial charge in [0.2, 0.25) is 0 Å². The molecule has 1 radical (unpaired) electrons. The Balaban J connectivity index is 1.35. The molecular weight excluding hydrogens is 489 g/mol. The van der Waals surface area contributed by atoms with Gasteiger partial charge in [-0.05, 0) is 81.9 Å². The Labute approximate surface area is 235 Å². The fraction of sp³-hybridized carbons (Fsp3) is 0. The molecule has 0 atom stereocenters. The van der Waals surface area contributed by atoms with E-state index in [-0.39, 0.29) is 0 Å². The van der Waals surface area contributed by atoms with E-state index in [9.17, 15) is 0 Å². The van der Waals surface area contributed by atoms with Gasteiger partial charge in [0.15, 0.2) is 0 Å². The highest BCUT2D eigenvalue weighted by Gasteiger charge is 2.14. The highest BCUT2D eigenvalue weighted by Crippen LogP contribution is 2.37. The molecule has 0 heterocycles. The van der Waals surface area contributed by atoms with Crippen LogP contribution in [0.25, 0.3) is 33.4 Å². The number of hydrogen-bond donors (Lipinski definition) is 1. The van der Waals surface area contributed by atoms with Crippen molar-refractivity contribution in [3.8, 4) is 39.1 Å². The number of nitrogens with zero attached hydrogens (tertiary/aromatic N) is 1. The van der Waals surface area contributed by atoms with Crippen LogP contribution in [0.15, 0.2) is 158 Å². The van der Waals surface area contributed by atoms with E-state index in [2.05, 4.69) is 126 Å². The summed E-state index contributed by atoms with van der Waals surface area (Å²) in [5.41, 5.74) is 10.2. The van der Waals surface area contributed by atoms with Crippen LogP contribution in [0, 0.1) is 0 Å². The molecule has 0 aliphatic heterocycles. The summed E-state index contributed by atoms with van der Waals surface area (Å²) < 4.78 is 5.04. The predicted octanol–water partition coefficient (Wildman–Crippen LogP) is 9.06. The van der Waals surface area contributed by atoms with Crippen molar-refractivity contribution in [1.82, 2.24) is 0 Å². The van der Waals surface area contributed by atoms with Crippen molar-refractivity contribution in [2.24, 2.45) is 0 Å². The van der Waals surface area contributed by atoms with Crippen molar-refractivity contribution in [2.45, 2.75) is 0 Å². The monoisotopic (exact) mass is 516 g/mol. The van der Waals surface area contributed by atoms with Gasteiger partial charge in [0.1, 0.15) is 5.75 Å². The van der Waals surface area contributed by atoms with Gasteiger partial charge >= 0.3 is 7.69 Å². The van der Waals surface area contributed by atoms with Crippen LogP contribution in [-0.4, -0.2) is 12.7 Å². The summed E-state index contributed by atoms with van der Waals surface area (Å²) in [5, 5.41) is 8.87. The van der Waals surface area contributed by atoms with Crippen LogP contribution in [0.1, 0.15) is 0 Å². The lowest BCUT2D eigenvalue weighted by Gasteiger charge is -2.26. The molecule has 0 bridgehead atoms. The molecule has 4 heteroatoms. The quantitative estimate of drug-likeness (QED) is 0.205. The first kappa shape index (κ1) is 25.2. The largest absolute Gasteiger partial charge is 0.569 e. The molecule has 6 aromatic carbocycles. The van der Waals surface area contributed by atoms with Gasteiger partial charge in [-0.2, -0.15) is 0 Å². The smallest absolute Gasteiger partial charge is 0.537 e. The number of rotatable bonds is 8. The lowest BCUT2D eigenvalue weighted by atomic mass is 10.0. The minimum atomic E-state index is 0.590. The van der Waals surface area contributed by atoms with E-state index < -0.39 is 0 Å². The Hall–Kier alpha value is -5.06. The van der Waals surface area contributed by atoms with Crippen LogP contribution >= 0.6 is 0 Å². The van der Waals surface area contributed by atoms with Crippen molar-refractivity contribution >= 4 is 24.7 Å². The standard InChI is InChI=1S/C36H27BNO2/c39-37-40-36-25-17-32(18-26-36)31-15-23-35(24-16-31)38(33-19-11-29(12-20-33)27-7-3-1-4-8-27)34-21-13-30(14-22-34)28-9-5-2-6-10-28/h1-26,39H. The van der Waals surface area contributed by atoms with E-state index >= 15 is 0 Å². The molecule has 3 nitrogen and oxygen atoms in total. The van der Waals surface area contributed by atoms with E-state index in [0.29, 0.717) is 13.4 Å². The normalized spacial score (nSPS) is 10.6. The van der Waals surface area contributed by atoms with Gasteiger partial charge in [0.05, 0.1) is 0 Å². The Morgan fingerprint density at radius 3 is 1.00 bits per heavy atom. The van der Waals surface area contributed by atoms with Gasteiger partial charge in [0.25, 0.3) is 0 Å². The molecule has 40 heavy (non-hydrogen) atoms. The summed E-state index contributed by atoms with van der Waals surface area (Å²) >= 11 is 0. The molecule has 0 fully saturated rings. The average molecular weight is 516 g/mol. The fourth-order valence-corrected chi connectivity index (χ4v) is 4.90. The van der Waals surface area contributed by atoms with E-state index in [1.54, 1.807) is 0 Å². The molecule has 0 aliphatic carbocycles. The Morgan fingerprint density at radius 2 is 0.675 bits per heavy atom. The SMILES string of the molecule is O[B]Oc1ccc(-c2ccc(N(c3ccc(-c4ccccc4)cc3)c3ccc(-c4ccccc4)cc3)cc2)cc1. The lowest BCUT2D eigenvalue weighted by Crippen LogP contribution is -2.09. The highest BCUT2D eigenvalue weighted by atomic mass is 16.5. The molecule has 0 saturated heterocycles. The van der Waals surface area contributed by atoms with Crippen molar-refractivity contribution < 1.29 is 9.68 Å². The number of benzene rings is 6. The van der Waals surface area contributed by atoms with Gasteiger partial charge in [-0.3, -0.25) is 0 Å². The summed E-state index contributed by atoms with van der Waals surface area (Å²) in [4.78, 5) is 2.28. The van der Waals surface area contributed by atoms with Gasteiger partial charge in [-0.25, -0.2) is 0 Å². The lowest BCUT2D eigenvalue weighted by molar-refractivity contribution is 0.454. The molecule has 6 aromatic rings. The van der Waals surface area contributed by atoms with E-state index in [4.69, 9.17) is 9.68 Å². The van der Waals surface area contributed by atoms with Crippen molar-refractivity contribution in [2.75, 3.05) is 4.90 Å². The van der Waals surface area contributed by atoms with Crippen LogP contribution in [0.3, 0.4) is 0 Å². The summed E-state index contributed by atoms with van der Waals surface area (Å²) in [5.74, 6) is 0.590. The number of anilines is 3. The predicted molar refractivity (Wildman–Crippen MR) is 166 cm³/mol. The minimum Gasteiger partial charge on any atom is -0.537 e. The first-order chi connectivity index (χ1) is 19.8. The summed E-state index contributed by atoms with van der Waals surface area (Å²) in [6, 6.07) is 54.5. The highest BCUT2D eigenvalue weighted by molar-refractivity contribution is 6.17. The second-order valence-corrected chi connectivity index (χ2v) is 9.46. The average Bonchev–Trinajstić information content (AvgIpc) is 3.04. The summed E-state index contributed by atoms with van der Waals surface area (Å²) in [7, 11) is 0.692. The molecule has 0 aliphatic rings. The van der Waals surface area contributed by atoms with Crippen LogP contribution in [-0.2, 0) is 0 Å². The third kappa shape index (κ3) is 5.53. The van der Waals surface area contributed by atoms with Gasteiger partial charge in [0, 0.05) is 17.1 Å². The van der Waals surface area contributed by atoms with Crippen LogP contribution < -0.4 is 9.55 Å². The topological polar surface area (TPSA) is 32.7 Å². The second kappa shape index (κ2) is 11.8. The molecule has 0 amide bonds. The zero-order chi connectivity index (χ0) is 27.1.